The number of hydrogen-bond donors (Lipinski definition) is 2. The summed E-state index contributed by atoms with van der Waals surface area (Å²) in [5.41, 5.74) is 2.34. The Labute approximate surface area is 86.4 Å². The molecule has 0 atom stereocenters. The van der Waals surface area contributed by atoms with Gasteiger partial charge in [0.25, 0.3) is 0 Å². The minimum absolute atomic E-state index is 0.257. The molecule has 2 aliphatic rings. The van der Waals surface area contributed by atoms with Crippen LogP contribution in [0.3, 0.4) is 0 Å². The van der Waals surface area contributed by atoms with E-state index in [9.17, 15) is 4.79 Å². The molecule has 0 radical (unpaired) electrons. The molecule has 0 aromatic rings. The number of rotatable bonds is 3. The largest absolute Gasteiger partial charge is 0.298 e. The van der Waals surface area contributed by atoms with Crippen molar-refractivity contribution < 1.29 is 4.79 Å². The number of carbonyl (C=O) groups excluding carboxylic acids is 1. The minimum atomic E-state index is 0.257. The van der Waals surface area contributed by atoms with Crippen LogP contribution in [0.15, 0.2) is 0 Å². The topological polar surface area (TPSA) is 55.1 Å². The van der Waals surface area contributed by atoms with Crippen LogP contribution in [0.4, 0.5) is 0 Å². The summed E-state index contributed by atoms with van der Waals surface area (Å²) < 4.78 is 0. The van der Waals surface area contributed by atoms with Crippen LogP contribution in [-0.2, 0) is 4.79 Å². The number of hydrazine groups is 1. The molecule has 0 unspecified atom stereocenters. The molecule has 3 N–H and O–H groups in total. The molecular weight excluding hydrogens is 176 g/mol. The molecule has 0 aromatic heterocycles. The third-order valence-electron chi connectivity index (χ3n) is 2.81. The van der Waals surface area contributed by atoms with Crippen molar-refractivity contribution in [1.82, 2.24) is 5.43 Å². The molecule has 0 heterocycles. The van der Waals surface area contributed by atoms with E-state index in [1.807, 2.05) is 0 Å². The Kier molecular flexibility index (Phi) is 5.80. The van der Waals surface area contributed by atoms with Gasteiger partial charge in [0.1, 0.15) is 0 Å². The van der Waals surface area contributed by atoms with Gasteiger partial charge in [0.05, 0.1) is 6.54 Å². The van der Waals surface area contributed by atoms with Crippen LogP contribution in [-0.4, -0.2) is 12.3 Å². The summed E-state index contributed by atoms with van der Waals surface area (Å²) in [5, 5.41) is 0. The molecule has 0 spiro atoms. The zero-order valence-corrected chi connectivity index (χ0v) is 8.93. The van der Waals surface area contributed by atoms with Crippen molar-refractivity contribution in [3.05, 3.63) is 0 Å². The zero-order chi connectivity index (χ0) is 10.2. The highest BCUT2D eigenvalue weighted by molar-refractivity contribution is 5.84. The first-order chi connectivity index (χ1) is 6.84. The molecule has 0 aromatic carbocycles. The van der Waals surface area contributed by atoms with Crippen molar-refractivity contribution in [2.45, 2.75) is 51.4 Å². The van der Waals surface area contributed by atoms with Crippen LogP contribution >= 0.6 is 0 Å². The van der Waals surface area contributed by atoms with Gasteiger partial charge in [-0.3, -0.25) is 16.1 Å². The number of carbonyl (C=O) groups is 1. The Morgan fingerprint density at radius 2 is 1.50 bits per heavy atom. The molecule has 14 heavy (non-hydrogen) atoms. The molecule has 0 aliphatic heterocycles. The molecule has 0 bridgehead atoms. The molecular formula is C11H22N2O. The first kappa shape index (κ1) is 11.7. The summed E-state index contributed by atoms with van der Waals surface area (Å²) in [6, 6.07) is 0. The normalized spacial score (nSPS) is 20.9. The Hall–Kier alpha value is -0.410. The van der Waals surface area contributed by atoms with Gasteiger partial charge < -0.3 is 0 Å². The smallest absolute Gasteiger partial charge is 0.151 e. The lowest BCUT2D eigenvalue weighted by Crippen LogP contribution is -2.29. The number of hydrogen-bond acceptors (Lipinski definition) is 3. The molecule has 2 fully saturated rings. The monoisotopic (exact) mass is 198 g/mol. The van der Waals surface area contributed by atoms with Gasteiger partial charge in [0, 0.05) is 5.92 Å². The van der Waals surface area contributed by atoms with Gasteiger partial charge in [-0.15, -0.1) is 0 Å². The van der Waals surface area contributed by atoms with Gasteiger partial charge in [-0.25, -0.2) is 0 Å². The number of Topliss-reactive ketones (excluding diaryl/α,β-unsaturated/α-hetero) is 1. The van der Waals surface area contributed by atoms with Gasteiger partial charge in [-0.05, 0) is 12.8 Å². The van der Waals surface area contributed by atoms with Crippen molar-refractivity contribution in [3.8, 4) is 0 Å². The van der Waals surface area contributed by atoms with E-state index in [1.165, 1.54) is 38.5 Å². The second-order valence-electron chi connectivity index (χ2n) is 4.24. The van der Waals surface area contributed by atoms with Gasteiger partial charge in [0.2, 0.25) is 0 Å². The van der Waals surface area contributed by atoms with E-state index in [1.54, 1.807) is 0 Å². The van der Waals surface area contributed by atoms with Crippen LogP contribution < -0.4 is 11.3 Å². The predicted molar refractivity (Wildman–Crippen MR) is 57.6 cm³/mol. The van der Waals surface area contributed by atoms with E-state index in [4.69, 9.17) is 5.84 Å². The lowest BCUT2D eigenvalue weighted by Gasteiger charge is -2.05. The number of nitrogens with two attached hydrogens (primary N) is 1. The van der Waals surface area contributed by atoms with Crippen LogP contribution in [0.5, 0.6) is 0 Å². The maximum atomic E-state index is 10.7. The molecule has 0 saturated heterocycles. The highest BCUT2D eigenvalue weighted by Crippen LogP contribution is 2.29. The number of nitrogens with one attached hydrogen (secondary N) is 1. The first-order valence-corrected chi connectivity index (χ1v) is 5.81. The van der Waals surface area contributed by atoms with Crippen LogP contribution in [0.1, 0.15) is 51.4 Å². The summed E-state index contributed by atoms with van der Waals surface area (Å²) in [5.74, 6) is 5.52. The van der Waals surface area contributed by atoms with Crippen molar-refractivity contribution in [3.63, 3.8) is 0 Å². The van der Waals surface area contributed by atoms with E-state index < -0.39 is 0 Å². The quantitative estimate of drug-likeness (QED) is 0.537. The van der Waals surface area contributed by atoms with Crippen molar-refractivity contribution >= 4 is 5.78 Å². The molecule has 82 valence electrons. The van der Waals surface area contributed by atoms with E-state index in [0.29, 0.717) is 12.5 Å². The van der Waals surface area contributed by atoms with E-state index in [-0.39, 0.29) is 5.78 Å². The van der Waals surface area contributed by atoms with Gasteiger partial charge >= 0.3 is 0 Å². The summed E-state index contributed by atoms with van der Waals surface area (Å²) in [6.45, 7) is 0.338. The summed E-state index contributed by atoms with van der Waals surface area (Å²) in [6.07, 6.45) is 11.1. The van der Waals surface area contributed by atoms with E-state index in [0.717, 1.165) is 12.8 Å². The van der Waals surface area contributed by atoms with Crippen LogP contribution in [0, 0.1) is 5.92 Å². The highest BCUT2D eigenvalue weighted by atomic mass is 16.1. The maximum absolute atomic E-state index is 10.7. The SMILES string of the molecule is C1CCCCC1.NNCC(=O)C1CC1. The van der Waals surface area contributed by atoms with Crippen LogP contribution in [0.2, 0.25) is 0 Å². The van der Waals surface area contributed by atoms with Gasteiger partial charge in [-0.2, -0.15) is 0 Å². The third-order valence-corrected chi connectivity index (χ3v) is 2.81. The van der Waals surface area contributed by atoms with Crippen molar-refractivity contribution in [2.24, 2.45) is 11.8 Å². The second-order valence-corrected chi connectivity index (χ2v) is 4.24. The average molecular weight is 198 g/mol. The fourth-order valence-electron chi connectivity index (χ4n) is 1.71. The molecule has 2 rings (SSSR count). The summed E-state index contributed by atoms with van der Waals surface area (Å²) >= 11 is 0. The molecule has 3 heteroatoms. The fourth-order valence-corrected chi connectivity index (χ4v) is 1.71. The van der Waals surface area contributed by atoms with Gasteiger partial charge in [-0.1, -0.05) is 38.5 Å². The highest BCUT2D eigenvalue weighted by Gasteiger charge is 2.28. The van der Waals surface area contributed by atoms with Gasteiger partial charge in [0.15, 0.2) is 5.78 Å². The zero-order valence-electron chi connectivity index (χ0n) is 8.93. The Morgan fingerprint density at radius 3 is 1.79 bits per heavy atom. The Bertz CT molecular complexity index is 151. The second kappa shape index (κ2) is 6.96. The van der Waals surface area contributed by atoms with E-state index in [2.05, 4.69) is 5.43 Å². The van der Waals surface area contributed by atoms with Crippen molar-refractivity contribution in [1.29, 1.82) is 0 Å². The predicted octanol–water partition coefficient (Wildman–Crippen LogP) is 1.77. The Balaban J connectivity index is 0.000000146. The molecule has 3 nitrogen and oxygen atoms in total. The van der Waals surface area contributed by atoms with Crippen molar-refractivity contribution in [2.75, 3.05) is 6.54 Å². The van der Waals surface area contributed by atoms with Crippen LogP contribution in [0.25, 0.3) is 0 Å². The minimum Gasteiger partial charge on any atom is -0.298 e. The number of ketones is 1. The molecule has 0 amide bonds. The fraction of sp³-hybridized carbons (Fsp3) is 0.909. The van der Waals surface area contributed by atoms with E-state index >= 15 is 0 Å². The standard InChI is InChI=1S/C6H12.C5H10N2O/c1-2-4-6-5-3-1;6-7-3-5(8)4-1-2-4/h1-6H2;4,7H,1-3,6H2. The maximum Gasteiger partial charge on any atom is 0.151 e. The first-order valence-electron chi connectivity index (χ1n) is 5.81. The summed E-state index contributed by atoms with van der Waals surface area (Å²) in [7, 11) is 0. The Morgan fingerprint density at radius 1 is 1.07 bits per heavy atom. The average Bonchev–Trinajstić information content (AvgIpc) is 3.05. The molecule has 2 aliphatic carbocycles. The lowest BCUT2D eigenvalue weighted by atomic mass is 10.0. The lowest BCUT2D eigenvalue weighted by molar-refractivity contribution is -0.119. The summed E-state index contributed by atoms with van der Waals surface area (Å²) in [4.78, 5) is 10.7. The molecule has 2 saturated carbocycles. The third kappa shape index (κ3) is 5.35.